The Kier molecular flexibility index (Phi) is 4.16. The van der Waals surface area contributed by atoms with Crippen molar-refractivity contribution in [2.75, 3.05) is 0 Å². The van der Waals surface area contributed by atoms with Gasteiger partial charge in [-0.25, -0.2) is 0 Å². The van der Waals surface area contributed by atoms with Crippen LogP contribution in [-0.4, -0.2) is 29.1 Å². The van der Waals surface area contributed by atoms with Crippen molar-refractivity contribution in [3.63, 3.8) is 0 Å². The number of hydrogen-bond donors (Lipinski definition) is 3. The van der Waals surface area contributed by atoms with Crippen LogP contribution >= 0.6 is 0 Å². The summed E-state index contributed by atoms with van der Waals surface area (Å²) in [4.78, 5) is 24.3. The fraction of sp³-hybridized carbons (Fsp3) is 0.529. The van der Waals surface area contributed by atoms with Gasteiger partial charge in [0.25, 0.3) is 0 Å². The van der Waals surface area contributed by atoms with Gasteiger partial charge >= 0.3 is 0 Å². The molecule has 3 unspecified atom stereocenters. The molecule has 3 N–H and O–H groups in total. The molecule has 0 spiro atoms. The molecule has 0 aliphatic heterocycles. The number of hydrogen-bond acceptors (Lipinski definition) is 3. The highest BCUT2D eigenvalue weighted by molar-refractivity contribution is 5.90. The van der Waals surface area contributed by atoms with Crippen molar-refractivity contribution in [1.82, 2.24) is 10.6 Å². The van der Waals surface area contributed by atoms with E-state index in [0.717, 1.165) is 31.2 Å². The minimum Gasteiger partial charge on any atom is -0.391 e. The standard InChI is InChI=1S/C17H22N2O3/c1-10(20)15(19-16(21)12-6-7-12)17(22)18-14-9-8-11-4-2-3-5-13(11)14/h2-5,10,12,14-15,20H,6-9H2,1H3,(H,18,22)(H,19,21). The van der Waals surface area contributed by atoms with Gasteiger partial charge in [-0.1, -0.05) is 24.3 Å². The molecule has 1 aromatic carbocycles. The van der Waals surface area contributed by atoms with Gasteiger partial charge in [-0.05, 0) is 43.7 Å². The van der Waals surface area contributed by atoms with Crippen LogP contribution in [0.15, 0.2) is 24.3 Å². The molecule has 3 rings (SSSR count). The van der Waals surface area contributed by atoms with Crippen LogP contribution in [0, 0.1) is 5.92 Å². The maximum absolute atomic E-state index is 12.4. The van der Waals surface area contributed by atoms with Crippen LogP contribution in [0.5, 0.6) is 0 Å². The van der Waals surface area contributed by atoms with Gasteiger partial charge < -0.3 is 15.7 Å². The van der Waals surface area contributed by atoms with E-state index in [-0.39, 0.29) is 23.8 Å². The number of rotatable bonds is 5. The lowest BCUT2D eigenvalue weighted by atomic mass is 10.1. The molecule has 0 heterocycles. The highest BCUT2D eigenvalue weighted by Crippen LogP contribution is 2.31. The smallest absolute Gasteiger partial charge is 0.245 e. The summed E-state index contributed by atoms with van der Waals surface area (Å²) in [6.07, 6.45) is 2.62. The molecule has 3 atom stereocenters. The predicted molar refractivity (Wildman–Crippen MR) is 82.0 cm³/mol. The van der Waals surface area contributed by atoms with Crippen LogP contribution in [0.4, 0.5) is 0 Å². The first kappa shape index (κ1) is 15.0. The van der Waals surface area contributed by atoms with Crippen molar-refractivity contribution >= 4 is 11.8 Å². The van der Waals surface area contributed by atoms with Gasteiger partial charge in [-0.2, -0.15) is 0 Å². The van der Waals surface area contributed by atoms with Crippen LogP contribution < -0.4 is 10.6 Å². The van der Waals surface area contributed by atoms with Gasteiger partial charge in [0, 0.05) is 5.92 Å². The largest absolute Gasteiger partial charge is 0.391 e. The van der Waals surface area contributed by atoms with Crippen LogP contribution in [0.1, 0.15) is 43.4 Å². The highest BCUT2D eigenvalue weighted by atomic mass is 16.3. The molecule has 5 nitrogen and oxygen atoms in total. The van der Waals surface area contributed by atoms with Crippen LogP contribution in [0.25, 0.3) is 0 Å². The third kappa shape index (κ3) is 3.14. The lowest BCUT2D eigenvalue weighted by Gasteiger charge is -2.23. The van der Waals surface area contributed by atoms with E-state index in [4.69, 9.17) is 0 Å². The quantitative estimate of drug-likeness (QED) is 0.761. The Bertz CT molecular complexity index is 581. The normalized spacial score (nSPS) is 22.5. The summed E-state index contributed by atoms with van der Waals surface area (Å²) in [5, 5.41) is 15.5. The van der Waals surface area contributed by atoms with Crippen molar-refractivity contribution in [2.45, 2.75) is 50.8 Å². The van der Waals surface area contributed by atoms with Crippen LogP contribution in [0.3, 0.4) is 0 Å². The summed E-state index contributed by atoms with van der Waals surface area (Å²) in [6, 6.07) is 7.13. The van der Waals surface area contributed by atoms with Crippen molar-refractivity contribution < 1.29 is 14.7 Å². The second kappa shape index (κ2) is 6.08. The first-order chi connectivity index (χ1) is 10.6. The van der Waals surface area contributed by atoms with Crippen molar-refractivity contribution in [1.29, 1.82) is 0 Å². The van der Waals surface area contributed by atoms with Gasteiger partial charge in [0.05, 0.1) is 12.1 Å². The Morgan fingerprint density at radius 2 is 1.95 bits per heavy atom. The molecule has 2 amide bonds. The molecule has 0 saturated heterocycles. The number of amides is 2. The van der Waals surface area contributed by atoms with E-state index in [1.54, 1.807) is 0 Å². The number of aliphatic hydroxyl groups is 1. The topological polar surface area (TPSA) is 78.4 Å². The molecule has 0 radical (unpaired) electrons. The zero-order chi connectivity index (χ0) is 15.7. The maximum Gasteiger partial charge on any atom is 0.245 e. The van der Waals surface area contributed by atoms with Crippen LogP contribution in [-0.2, 0) is 16.0 Å². The predicted octanol–water partition coefficient (Wildman–Crippen LogP) is 1.07. The molecule has 2 aliphatic rings. The molecule has 2 aliphatic carbocycles. The summed E-state index contributed by atoms with van der Waals surface area (Å²) >= 11 is 0. The van der Waals surface area contributed by atoms with Gasteiger partial charge in [-0.3, -0.25) is 9.59 Å². The van der Waals surface area contributed by atoms with Gasteiger partial charge in [0.2, 0.25) is 11.8 Å². The molecule has 5 heteroatoms. The summed E-state index contributed by atoms with van der Waals surface area (Å²) in [5.41, 5.74) is 2.39. The summed E-state index contributed by atoms with van der Waals surface area (Å²) in [5.74, 6) is -0.431. The zero-order valence-electron chi connectivity index (χ0n) is 12.7. The Hall–Kier alpha value is -1.88. The molecule has 118 valence electrons. The van der Waals surface area contributed by atoms with Gasteiger partial charge in [-0.15, -0.1) is 0 Å². The van der Waals surface area contributed by atoms with E-state index in [0.29, 0.717) is 0 Å². The van der Waals surface area contributed by atoms with Crippen molar-refractivity contribution in [3.8, 4) is 0 Å². The van der Waals surface area contributed by atoms with E-state index in [1.165, 1.54) is 12.5 Å². The van der Waals surface area contributed by atoms with E-state index in [9.17, 15) is 14.7 Å². The van der Waals surface area contributed by atoms with Gasteiger partial charge in [0.1, 0.15) is 6.04 Å². The SMILES string of the molecule is CC(O)C(NC(=O)C1CC1)C(=O)NC1CCc2ccccc21. The second-order valence-corrected chi connectivity index (χ2v) is 6.30. The Labute approximate surface area is 130 Å². The summed E-state index contributed by atoms with van der Waals surface area (Å²) in [6.45, 7) is 1.53. The first-order valence-electron chi connectivity index (χ1n) is 7.93. The first-order valence-corrected chi connectivity index (χ1v) is 7.93. The molecule has 1 fully saturated rings. The number of fused-ring (bicyclic) bond motifs is 1. The number of aryl methyl sites for hydroxylation is 1. The third-order valence-corrected chi connectivity index (χ3v) is 4.46. The minimum atomic E-state index is -0.917. The fourth-order valence-electron chi connectivity index (χ4n) is 2.99. The third-order valence-electron chi connectivity index (χ3n) is 4.46. The monoisotopic (exact) mass is 302 g/mol. The number of nitrogens with one attached hydrogen (secondary N) is 2. The number of aliphatic hydroxyl groups excluding tert-OH is 1. The molecule has 22 heavy (non-hydrogen) atoms. The van der Waals surface area contributed by atoms with Crippen molar-refractivity contribution in [3.05, 3.63) is 35.4 Å². The molecule has 1 saturated carbocycles. The fourth-order valence-corrected chi connectivity index (χ4v) is 2.99. The van der Waals surface area contributed by atoms with E-state index < -0.39 is 12.1 Å². The average molecular weight is 302 g/mol. The number of carbonyl (C=O) groups excluding carboxylic acids is 2. The van der Waals surface area contributed by atoms with E-state index in [1.807, 2.05) is 18.2 Å². The van der Waals surface area contributed by atoms with E-state index >= 15 is 0 Å². The second-order valence-electron chi connectivity index (χ2n) is 6.30. The average Bonchev–Trinajstić information content (AvgIpc) is 3.27. The zero-order valence-corrected chi connectivity index (χ0v) is 12.7. The lowest BCUT2D eigenvalue weighted by molar-refractivity contribution is -0.132. The molecule has 0 bridgehead atoms. The van der Waals surface area contributed by atoms with Crippen LogP contribution in [0.2, 0.25) is 0 Å². The molecular formula is C17H22N2O3. The minimum absolute atomic E-state index is 0.0151. The summed E-state index contributed by atoms with van der Waals surface area (Å²) < 4.78 is 0. The van der Waals surface area contributed by atoms with Gasteiger partial charge in [0.15, 0.2) is 0 Å². The van der Waals surface area contributed by atoms with E-state index in [2.05, 4.69) is 16.7 Å². The highest BCUT2D eigenvalue weighted by Gasteiger charge is 2.35. The lowest BCUT2D eigenvalue weighted by Crippen LogP contribution is -2.53. The summed E-state index contributed by atoms with van der Waals surface area (Å²) in [7, 11) is 0. The molecule has 1 aromatic rings. The van der Waals surface area contributed by atoms with Crippen molar-refractivity contribution in [2.24, 2.45) is 5.92 Å². The molecular weight excluding hydrogens is 280 g/mol. The Balaban J connectivity index is 1.65. The Morgan fingerprint density at radius 1 is 1.23 bits per heavy atom. The number of carbonyl (C=O) groups is 2. The maximum atomic E-state index is 12.4. The molecule has 0 aromatic heterocycles. The number of benzene rings is 1. The Morgan fingerprint density at radius 3 is 2.64 bits per heavy atom.